The minimum atomic E-state index is 0.943. The number of pyridine rings is 1. The maximum atomic E-state index is 5.11. The summed E-state index contributed by atoms with van der Waals surface area (Å²) in [4.78, 5) is 5.11. The lowest BCUT2D eigenvalue weighted by Crippen LogP contribution is -2.01. The zero-order valence-electron chi connectivity index (χ0n) is 18.9. The Hall–Kier alpha value is -4.43. The minimum Gasteiger partial charge on any atom is -0.298 e. The summed E-state index contributed by atoms with van der Waals surface area (Å²) in [5.74, 6) is 0.943. The molecule has 34 heavy (non-hydrogen) atoms. The van der Waals surface area contributed by atoms with Gasteiger partial charge in [-0.2, -0.15) is 0 Å². The number of hydrogen-bond acceptors (Lipinski definition) is 1. The summed E-state index contributed by atoms with van der Waals surface area (Å²) in [7, 11) is 0. The molecule has 160 valence electrons. The van der Waals surface area contributed by atoms with Crippen molar-refractivity contribution in [3.63, 3.8) is 0 Å². The fourth-order valence-electron chi connectivity index (χ4n) is 5.52. The molecule has 2 heterocycles. The normalized spacial score (nSPS) is 11.7. The SMILES string of the molecule is Cc1c2c3c(cccc3n1-c1cccc(-c3ccccc3)n1)-c1ccccc1-c1ccccc1-2. The molecule has 0 saturated heterocycles. The molecule has 0 unspecified atom stereocenters. The van der Waals surface area contributed by atoms with E-state index in [0.29, 0.717) is 0 Å². The third-order valence-electron chi connectivity index (χ3n) is 6.97. The number of hydrogen-bond donors (Lipinski definition) is 0. The Labute approximate surface area is 198 Å². The van der Waals surface area contributed by atoms with Crippen molar-refractivity contribution in [3.05, 3.63) is 121 Å². The van der Waals surface area contributed by atoms with Crippen molar-refractivity contribution in [2.24, 2.45) is 0 Å². The molecule has 0 N–H and O–H groups in total. The lowest BCUT2D eigenvalue weighted by Gasteiger charge is -2.14. The van der Waals surface area contributed by atoms with Gasteiger partial charge in [-0.25, -0.2) is 4.98 Å². The molecule has 0 aliphatic heterocycles. The van der Waals surface area contributed by atoms with Gasteiger partial charge >= 0.3 is 0 Å². The maximum Gasteiger partial charge on any atom is 0.138 e. The smallest absolute Gasteiger partial charge is 0.138 e. The van der Waals surface area contributed by atoms with Gasteiger partial charge in [0.15, 0.2) is 0 Å². The summed E-state index contributed by atoms with van der Waals surface area (Å²) in [6, 6.07) is 40.9. The van der Waals surface area contributed by atoms with E-state index in [1.807, 2.05) is 6.07 Å². The Morgan fingerprint density at radius 1 is 0.529 bits per heavy atom. The van der Waals surface area contributed by atoms with Gasteiger partial charge in [0.25, 0.3) is 0 Å². The molecule has 7 rings (SSSR count). The third kappa shape index (κ3) is 2.66. The van der Waals surface area contributed by atoms with Gasteiger partial charge in [0, 0.05) is 22.2 Å². The Morgan fingerprint density at radius 3 is 1.88 bits per heavy atom. The molecule has 6 aromatic rings. The number of aromatic nitrogens is 2. The Bertz CT molecular complexity index is 1710. The van der Waals surface area contributed by atoms with Gasteiger partial charge in [0.05, 0.1) is 11.2 Å². The molecular weight excluding hydrogens is 412 g/mol. The summed E-state index contributed by atoms with van der Waals surface area (Å²) in [5, 5.41) is 1.30. The second-order valence-electron chi connectivity index (χ2n) is 8.83. The number of rotatable bonds is 2. The standard InChI is InChI=1S/C32H22N2/c1-21-31-26-16-8-7-14-24(26)23-13-5-6-15-25(23)27-17-9-19-29(32(27)31)34(21)30-20-10-18-28(33-30)22-11-3-2-4-12-22/h2-20H,1H3. The van der Waals surface area contributed by atoms with E-state index < -0.39 is 0 Å². The van der Waals surface area contributed by atoms with Gasteiger partial charge in [0.1, 0.15) is 5.82 Å². The first kappa shape index (κ1) is 19.1. The summed E-state index contributed by atoms with van der Waals surface area (Å²) >= 11 is 0. The summed E-state index contributed by atoms with van der Waals surface area (Å²) in [6.45, 7) is 2.22. The zero-order valence-corrected chi connectivity index (χ0v) is 18.9. The Balaban J connectivity index is 1.58. The van der Waals surface area contributed by atoms with Crippen LogP contribution in [-0.4, -0.2) is 9.55 Å². The fraction of sp³-hybridized carbons (Fsp3) is 0.0312. The molecule has 4 aromatic carbocycles. The molecule has 1 aliphatic rings. The molecule has 2 heteroatoms. The molecule has 0 spiro atoms. The molecule has 1 aliphatic carbocycles. The molecular formula is C32H22N2. The van der Waals surface area contributed by atoms with Crippen molar-refractivity contribution in [2.75, 3.05) is 0 Å². The third-order valence-corrected chi connectivity index (χ3v) is 6.97. The Morgan fingerprint density at radius 2 is 1.12 bits per heavy atom. The van der Waals surface area contributed by atoms with Crippen molar-refractivity contribution in [1.82, 2.24) is 9.55 Å². The van der Waals surface area contributed by atoms with Crippen molar-refractivity contribution in [3.8, 4) is 50.5 Å². The van der Waals surface area contributed by atoms with Gasteiger partial charge in [-0.15, -0.1) is 0 Å². The van der Waals surface area contributed by atoms with Crippen molar-refractivity contribution in [1.29, 1.82) is 0 Å². The van der Waals surface area contributed by atoms with E-state index in [4.69, 9.17) is 4.98 Å². The highest BCUT2D eigenvalue weighted by Crippen LogP contribution is 2.49. The molecule has 0 atom stereocenters. The highest BCUT2D eigenvalue weighted by atomic mass is 15.1. The second kappa shape index (κ2) is 7.29. The van der Waals surface area contributed by atoms with Crippen LogP contribution >= 0.6 is 0 Å². The van der Waals surface area contributed by atoms with Crippen LogP contribution in [0.4, 0.5) is 0 Å². The van der Waals surface area contributed by atoms with E-state index in [9.17, 15) is 0 Å². The zero-order chi connectivity index (χ0) is 22.6. The van der Waals surface area contributed by atoms with Gasteiger partial charge in [-0.3, -0.25) is 4.57 Å². The van der Waals surface area contributed by atoms with Crippen LogP contribution in [-0.2, 0) is 0 Å². The monoisotopic (exact) mass is 434 g/mol. The van der Waals surface area contributed by atoms with Crippen LogP contribution < -0.4 is 0 Å². The van der Waals surface area contributed by atoms with E-state index in [-0.39, 0.29) is 0 Å². The fourth-order valence-corrected chi connectivity index (χ4v) is 5.52. The molecule has 0 saturated carbocycles. The predicted octanol–water partition coefficient (Wildman–Crippen LogP) is 8.32. The summed E-state index contributed by atoms with van der Waals surface area (Å²) < 4.78 is 2.32. The van der Waals surface area contributed by atoms with Crippen LogP contribution in [0.25, 0.3) is 61.4 Å². The van der Waals surface area contributed by atoms with Crippen LogP contribution in [0.3, 0.4) is 0 Å². The van der Waals surface area contributed by atoms with E-state index in [1.165, 1.54) is 50.0 Å². The van der Waals surface area contributed by atoms with Crippen LogP contribution in [0.1, 0.15) is 5.69 Å². The first-order chi connectivity index (χ1) is 16.8. The van der Waals surface area contributed by atoms with E-state index in [2.05, 4.69) is 121 Å². The number of nitrogens with zero attached hydrogens (tertiary/aromatic N) is 2. The minimum absolute atomic E-state index is 0.943. The molecule has 0 fully saturated rings. The predicted molar refractivity (Wildman–Crippen MR) is 141 cm³/mol. The summed E-state index contributed by atoms with van der Waals surface area (Å²) in [6.07, 6.45) is 0. The number of fused-ring (bicyclic) bond motifs is 5. The topological polar surface area (TPSA) is 17.8 Å². The van der Waals surface area contributed by atoms with Gasteiger partial charge in [-0.05, 0) is 52.9 Å². The van der Waals surface area contributed by atoms with Gasteiger partial charge in [-0.1, -0.05) is 97.1 Å². The first-order valence-corrected chi connectivity index (χ1v) is 11.7. The van der Waals surface area contributed by atoms with Gasteiger partial charge in [0.2, 0.25) is 0 Å². The summed E-state index contributed by atoms with van der Waals surface area (Å²) in [5.41, 5.74) is 12.2. The van der Waals surface area contributed by atoms with Crippen LogP contribution in [0.5, 0.6) is 0 Å². The number of benzene rings is 4. The van der Waals surface area contributed by atoms with Crippen molar-refractivity contribution < 1.29 is 0 Å². The molecule has 0 amide bonds. The van der Waals surface area contributed by atoms with E-state index in [0.717, 1.165) is 17.1 Å². The molecule has 0 radical (unpaired) electrons. The highest BCUT2D eigenvalue weighted by molar-refractivity contribution is 6.14. The first-order valence-electron chi connectivity index (χ1n) is 11.7. The van der Waals surface area contributed by atoms with Gasteiger partial charge < -0.3 is 0 Å². The van der Waals surface area contributed by atoms with Crippen LogP contribution in [0.15, 0.2) is 115 Å². The van der Waals surface area contributed by atoms with E-state index in [1.54, 1.807) is 0 Å². The average Bonchev–Trinajstić information content (AvgIpc) is 3.13. The quantitative estimate of drug-likeness (QED) is 0.267. The molecule has 0 bridgehead atoms. The maximum absolute atomic E-state index is 5.11. The molecule has 2 aromatic heterocycles. The largest absolute Gasteiger partial charge is 0.298 e. The lowest BCUT2D eigenvalue weighted by molar-refractivity contribution is 0.997. The van der Waals surface area contributed by atoms with E-state index >= 15 is 0 Å². The average molecular weight is 435 g/mol. The second-order valence-corrected chi connectivity index (χ2v) is 8.83. The lowest BCUT2D eigenvalue weighted by atomic mass is 9.94. The highest BCUT2D eigenvalue weighted by Gasteiger charge is 2.26. The van der Waals surface area contributed by atoms with Crippen LogP contribution in [0.2, 0.25) is 0 Å². The van der Waals surface area contributed by atoms with Crippen molar-refractivity contribution in [2.45, 2.75) is 6.92 Å². The van der Waals surface area contributed by atoms with Crippen LogP contribution in [0, 0.1) is 6.92 Å². The van der Waals surface area contributed by atoms with Crippen molar-refractivity contribution >= 4 is 10.9 Å². The Kier molecular flexibility index (Phi) is 4.09. The molecule has 2 nitrogen and oxygen atoms in total.